The van der Waals surface area contributed by atoms with Crippen molar-refractivity contribution < 1.29 is 9.18 Å². The molecular formula is C18H23FN4O. The van der Waals surface area contributed by atoms with Crippen LogP contribution in [0.3, 0.4) is 0 Å². The van der Waals surface area contributed by atoms with Crippen molar-refractivity contribution in [3.05, 3.63) is 66.5 Å². The van der Waals surface area contributed by atoms with E-state index >= 15 is 0 Å². The Labute approximate surface area is 141 Å². The van der Waals surface area contributed by atoms with Crippen LogP contribution in [-0.4, -0.2) is 33.6 Å². The van der Waals surface area contributed by atoms with E-state index in [1.54, 1.807) is 23.2 Å². The second-order valence-electron chi connectivity index (χ2n) is 5.50. The van der Waals surface area contributed by atoms with E-state index in [0.29, 0.717) is 26.2 Å². The third-order valence-corrected chi connectivity index (χ3v) is 3.54. The van der Waals surface area contributed by atoms with E-state index in [1.807, 2.05) is 23.8 Å². The molecule has 5 nitrogen and oxygen atoms in total. The van der Waals surface area contributed by atoms with E-state index in [0.717, 1.165) is 17.8 Å². The first-order chi connectivity index (χ1) is 11.6. The lowest BCUT2D eigenvalue weighted by Crippen LogP contribution is -2.40. The molecule has 2 rings (SSSR count). The van der Waals surface area contributed by atoms with E-state index in [1.165, 1.54) is 12.1 Å². The van der Waals surface area contributed by atoms with Crippen molar-refractivity contribution >= 4 is 6.03 Å². The molecule has 1 aromatic heterocycles. The van der Waals surface area contributed by atoms with Gasteiger partial charge in [-0.15, -0.1) is 6.58 Å². The third-order valence-electron chi connectivity index (χ3n) is 3.54. The largest absolute Gasteiger partial charge is 0.338 e. The Hall–Kier alpha value is -2.63. The third kappa shape index (κ3) is 4.94. The van der Waals surface area contributed by atoms with Crippen molar-refractivity contribution in [2.24, 2.45) is 0 Å². The highest BCUT2D eigenvalue weighted by Gasteiger charge is 2.15. The number of hydrogen-bond acceptors (Lipinski definition) is 2. The van der Waals surface area contributed by atoms with Crippen LogP contribution in [-0.2, 0) is 13.1 Å². The monoisotopic (exact) mass is 330 g/mol. The number of nitrogens with one attached hydrogen (secondary N) is 1. The van der Waals surface area contributed by atoms with Crippen LogP contribution in [0.2, 0.25) is 0 Å². The number of imidazole rings is 1. The van der Waals surface area contributed by atoms with Crippen molar-refractivity contribution in [1.29, 1.82) is 0 Å². The lowest BCUT2D eigenvalue weighted by Gasteiger charge is -2.21. The quantitative estimate of drug-likeness (QED) is 0.756. The lowest BCUT2D eigenvalue weighted by molar-refractivity contribution is 0.199. The van der Waals surface area contributed by atoms with Crippen LogP contribution >= 0.6 is 0 Å². The number of urea groups is 1. The molecule has 0 bridgehead atoms. The molecule has 0 saturated heterocycles. The molecule has 24 heavy (non-hydrogen) atoms. The van der Waals surface area contributed by atoms with Gasteiger partial charge >= 0.3 is 6.03 Å². The van der Waals surface area contributed by atoms with Crippen molar-refractivity contribution in [3.63, 3.8) is 0 Å². The van der Waals surface area contributed by atoms with Gasteiger partial charge in [0, 0.05) is 32.0 Å². The summed E-state index contributed by atoms with van der Waals surface area (Å²) < 4.78 is 15.2. The molecule has 1 N–H and O–H groups in total. The SMILES string of the molecule is C=CCN(Cc1nccn1Cc1cccc(F)c1)C(=O)NCCC. The van der Waals surface area contributed by atoms with Crippen molar-refractivity contribution in [2.75, 3.05) is 13.1 Å². The summed E-state index contributed by atoms with van der Waals surface area (Å²) in [5.74, 6) is 0.481. The number of carbonyl (C=O) groups is 1. The normalized spacial score (nSPS) is 10.4. The highest BCUT2D eigenvalue weighted by atomic mass is 19.1. The summed E-state index contributed by atoms with van der Waals surface area (Å²) in [6.45, 7) is 7.64. The molecule has 0 radical (unpaired) electrons. The van der Waals surface area contributed by atoms with Crippen LogP contribution < -0.4 is 5.32 Å². The first-order valence-electron chi connectivity index (χ1n) is 8.02. The Kier molecular flexibility index (Phi) is 6.54. The summed E-state index contributed by atoms with van der Waals surface area (Å²) in [5, 5.41) is 2.86. The van der Waals surface area contributed by atoms with Gasteiger partial charge in [-0.25, -0.2) is 14.2 Å². The maximum atomic E-state index is 13.3. The number of halogens is 1. The van der Waals surface area contributed by atoms with Gasteiger partial charge in [0.15, 0.2) is 0 Å². The van der Waals surface area contributed by atoms with Crippen LogP contribution in [0, 0.1) is 5.82 Å². The van der Waals surface area contributed by atoms with E-state index < -0.39 is 0 Å². The average Bonchev–Trinajstić information content (AvgIpc) is 2.99. The number of aromatic nitrogens is 2. The lowest BCUT2D eigenvalue weighted by atomic mass is 10.2. The second-order valence-corrected chi connectivity index (χ2v) is 5.50. The van der Waals surface area contributed by atoms with Crippen LogP contribution in [0.15, 0.2) is 49.3 Å². The van der Waals surface area contributed by atoms with Gasteiger partial charge < -0.3 is 14.8 Å². The van der Waals surface area contributed by atoms with Crippen molar-refractivity contribution in [2.45, 2.75) is 26.4 Å². The average molecular weight is 330 g/mol. The van der Waals surface area contributed by atoms with Gasteiger partial charge in [0.05, 0.1) is 6.54 Å². The molecule has 0 aliphatic heterocycles. The first-order valence-corrected chi connectivity index (χ1v) is 8.02. The molecule has 0 fully saturated rings. The standard InChI is InChI=1S/C18H23FN4O/c1-3-8-21-18(24)23(10-4-2)14-17-20-9-11-22(17)13-15-6-5-7-16(19)12-15/h4-7,9,11-12H,2-3,8,10,13-14H2,1H3,(H,21,24). The summed E-state index contributed by atoms with van der Waals surface area (Å²) in [6, 6.07) is 6.32. The fourth-order valence-electron chi connectivity index (χ4n) is 2.36. The minimum atomic E-state index is -0.263. The minimum Gasteiger partial charge on any atom is -0.338 e. The van der Waals surface area contributed by atoms with Crippen LogP contribution in [0.1, 0.15) is 24.7 Å². The Morgan fingerprint density at radius 3 is 3.04 bits per heavy atom. The summed E-state index contributed by atoms with van der Waals surface area (Å²) >= 11 is 0. The zero-order valence-electron chi connectivity index (χ0n) is 13.9. The van der Waals surface area contributed by atoms with Gasteiger partial charge in [-0.2, -0.15) is 0 Å². The van der Waals surface area contributed by atoms with Gasteiger partial charge in [-0.1, -0.05) is 25.1 Å². The van der Waals surface area contributed by atoms with Crippen LogP contribution in [0.4, 0.5) is 9.18 Å². The van der Waals surface area contributed by atoms with E-state index in [2.05, 4.69) is 16.9 Å². The molecule has 1 aromatic carbocycles. The molecular weight excluding hydrogens is 307 g/mol. The van der Waals surface area contributed by atoms with Gasteiger partial charge in [0.2, 0.25) is 0 Å². The summed E-state index contributed by atoms with van der Waals surface area (Å²) in [6.07, 6.45) is 6.08. The van der Waals surface area contributed by atoms with Gasteiger partial charge in [-0.3, -0.25) is 0 Å². The van der Waals surface area contributed by atoms with E-state index in [4.69, 9.17) is 0 Å². The number of hydrogen-bond donors (Lipinski definition) is 1. The van der Waals surface area contributed by atoms with Crippen molar-refractivity contribution in [3.8, 4) is 0 Å². The highest BCUT2D eigenvalue weighted by molar-refractivity contribution is 5.74. The Morgan fingerprint density at radius 2 is 2.33 bits per heavy atom. The van der Waals surface area contributed by atoms with E-state index in [9.17, 15) is 9.18 Å². The molecule has 0 aliphatic rings. The maximum Gasteiger partial charge on any atom is 0.318 e. The Balaban J connectivity index is 2.09. The molecule has 0 atom stereocenters. The van der Waals surface area contributed by atoms with Crippen molar-refractivity contribution in [1.82, 2.24) is 19.8 Å². The van der Waals surface area contributed by atoms with E-state index in [-0.39, 0.29) is 11.8 Å². The highest BCUT2D eigenvalue weighted by Crippen LogP contribution is 2.10. The summed E-state index contributed by atoms with van der Waals surface area (Å²) in [5.41, 5.74) is 0.847. The summed E-state index contributed by atoms with van der Waals surface area (Å²) in [7, 11) is 0. The first kappa shape index (κ1) is 17.7. The molecule has 6 heteroatoms. The van der Waals surface area contributed by atoms with Gasteiger partial charge in [-0.05, 0) is 24.1 Å². The number of benzene rings is 1. The summed E-state index contributed by atoms with van der Waals surface area (Å²) in [4.78, 5) is 18.2. The van der Waals surface area contributed by atoms with Gasteiger partial charge in [0.1, 0.15) is 11.6 Å². The second kappa shape index (κ2) is 8.86. The minimum absolute atomic E-state index is 0.142. The topological polar surface area (TPSA) is 50.2 Å². The predicted molar refractivity (Wildman–Crippen MR) is 92.0 cm³/mol. The Bertz CT molecular complexity index is 683. The smallest absolute Gasteiger partial charge is 0.318 e. The molecule has 1 heterocycles. The molecule has 0 unspecified atom stereocenters. The molecule has 0 saturated carbocycles. The zero-order chi connectivity index (χ0) is 17.4. The fourth-order valence-corrected chi connectivity index (χ4v) is 2.36. The number of carbonyl (C=O) groups excluding carboxylic acids is 1. The zero-order valence-corrected chi connectivity index (χ0v) is 13.9. The number of rotatable bonds is 8. The molecule has 0 spiro atoms. The fraction of sp³-hybridized carbons (Fsp3) is 0.333. The molecule has 2 aromatic rings. The predicted octanol–water partition coefficient (Wildman–Crippen LogP) is 3.18. The number of amides is 2. The Morgan fingerprint density at radius 1 is 1.50 bits per heavy atom. The van der Waals surface area contributed by atoms with Crippen LogP contribution in [0.5, 0.6) is 0 Å². The molecule has 128 valence electrons. The molecule has 2 amide bonds. The maximum absolute atomic E-state index is 13.3. The van der Waals surface area contributed by atoms with Crippen LogP contribution in [0.25, 0.3) is 0 Å². The number of nitrogens with zero attached hydrogens (tertiary/aromatic N) is 3. The van der Waals surface area contributed by atoms with Gasteiger partial charge in [0.25, 0.3) is 0 Å². The molecule has 0 aliphatic carbocycles.